The third-order valence-electron chi connectivity index (χ3n) is 5.62. The number of imide groups is 1. The molecule has 1 saturated heterocycles. The number of hydrogen-bond acceptors (Lipinski definition) is 7. The number of nitro benzene ring substituents is 1. The molecule has 1 aromatic rings. The number of ether oxygens (including phenoxy) is 1. The van der Waals surface area contributed by atoms with Gasteiger partial charge in [0.1, 0.15) is 11.7 Å². The van der Waals surface area contributed by atoms with Crippen molar-refractivity contribution in [3.8, 4) is 0 Å². The van der Waals surface area contributed by atoms with Gasteiger partial charge < -0.3 is 10.1 Å². The topological polar surface area (TPSA) is 136 Å². The molecule has 160 valence electrons. The first-order valence-corrected chi connectivity index (χ1v) is 9.84. The molecule has 0 bridgehead atoms. The van der Waals surface area contributed by atoms with Crippen LogP contribution in [0.1, 0.15) is 39.5 Å². The summed E-state index contributed by atoms with van der Waals surface area (Å²) in [4.78, 5) is 61.4. The second-order valence-corrected chi connectivity index (χ2v) is 7.56. The van der Waals surface area contributed by atoms with Crippen LogP contribution >= 0.6 is 0 Å². The van der Waals surface area contributed by atoms with Gasteiger partial charge in [0.2, 0.25) is 11.8 Å². The Hall–Kier alpha value is -3.30. The zero-order valence-corrected chi connectivity index (χ0v) is 16.7. The van der Waals surface area contributed by atoms with Gasteiger partial charge in [-0.3, -0.25) is 29.4 Å². The van der Waals surface area contributed by atoms with Gasteiger partial charge in [0.05, 0.1) is 16.8 Å². The summed E-state index contributed by atoms with van der Waals surface area (Å²) in [6.45, 7) is 2.70. The summed E-state index contributed by atoms with van der Waals surface area (Å²) in [5.74, 6) is -3.17. The zero-order valence-electron chi connectivity index (χ0n) is 16.7. The average Bonchev–Trinajstić information content (AvgIpc) is 2.98. The fourth-order valence-corrected chi connectivity index (χ4v) is 3.97. The SMILES string of the molecule is C[C@H](OC(=O)[C@H](C)N1C(=O)[C@H]2CCCC[C@H]2C1=O)C(=O)Nc1ccccc1[N+](=O)[O-]. The number of likely N-dealkylation sites (tertiary alicyclic amines) is 1. The fraction of sp³-hybridized carbons (Fsp3) is 0.500. The van der Waals surface area contributed by atoms with Crippen molar-refractivity contribution in [3.05, 3.63) is 34.4 Å². The minimum Gasteiger partial charge on any atom is -0.451 e. The molecule has 1 saturated carbocycles. The van der Waals surface area contributed by atoms with Crippen molar-refractivity contribution in [2.45, 2.75) is 51.7 Å². The third-order valence-corrected chi connectivity index (χ3v) is 5.62. The van der Waals surface area contributed by atoms with E-state index in [0.29, 0.717) is 12.8 Å². The van der Waals surface area contributed by atoms with E-state index in [-0.39, 0.29) is 35.0 Å². The van der Waals surface area contributed by atoms with E-state index in [9.17, 15) is 29.3 Å². The molecule has 4 atom stereocenters. The Labute approximate surface area is 172 Å². The minimum atomic E-state index is -1.28. The maximum atomic E-state index is 12.6. The third kappa shape index (κ3) is 4.03. The van der Waals surface area contributed by atoms with E-state index >= 15 is 0 Å². The molecule has 2 aliphatic rings. The number of nitrogens with zero attached hydrogens (tertiary/aromatic N) is 2. The van der Waals surface area contributed by atoms with Crippen LogP contribution in [0.4, 0.5) is 11.4 Å². The van der Waals surface area contributed by atoms with Crippen molar-refractivity contribution in [1.82, 2.24) is 4.90 Å². The molecule has 3 rings (SSSR count). The van der Waals surface area contributed by atoms with Crippen molar-refractivity contribution in [2.75, 3.05) is 5.32 Å². The number of benzene rings is 1. The highest BCUT2D eigenvalue weighted by atomic mass is 16.6. The first kappa shape index (κ1) is 21.4. The highest BCUT2D eigenvalue weighted by Gasteiger charge is 2.51. The molecular weight excluding hydrogens is 394 g/mol. The summed E-state index contributed by atoms with van der Waals surface area (Å²) in [5, 5.41) is 13.4. The lowest BCUT2D eigenvalue weighted by atomic mass is 9.81. The van der Waals surface area contributed by atoms with Gasteiger partial charge in [-0.05, 0) is 32.8 Å². The molecule has 0 radical (unpaired) electrons. The maximum absolute atomic E-state index is 12.6. The van der Waals surface area contributed by atoms with Crippen molar-refractivity contribution in [3.63, 3.8) is 0 Å². The number of anilines is 1. The van der Waals surface area contributed by atoms with Gasteiger partial charge in [-0.15, -0.1) is 0 Å². The molecular formula is C20H23N3O7. The minimum absolute atomic E-state index is 0.0302. The van der Waals surface area contributed by atoms with Crippen molar-refractivity contribution >= 4 is 35.1 Å². The van der Waals surface area contributed by atoms with Crippen LogP contribution in [0.5, 0.6) is 0 Å². The summed E-state index contributed by atoms with van der Waals surface area (Å²) in [5.41, 5.74) is -0.328. The van der Waals surface area contributed by atoms with Crippen LogP contribution in [0, 0.1) is 22.0 Å². The lowest BCUT2D eigenvalue weighted by molar-refractivity contribution is -0.383. The second kappa shape index (κ2) is 8.60. The zero-order chi connectivity index (χ0) is 22.0. The van der Waals surface area contributed by atoms with Crippen LogP contribution in [-0.4, -0.2) is 45.7 Å². The molecule has 10 heteroatoms. The van der Waals surface area contributed by atoms with Crippen LogP contribution in [-0.2, 0) is 23.9 Å². The Bertz CT molecular complexity index is 876. The number of rotatable bonds is 6. The van der Waals surface area contributed by atoms with E-state index in [1.807, 2.05) is 0 Å². The number of para-hydroxylation sites is 2. The predicted octanol–water partition coefficient (Wildman–Crippen LogP) is 2.03. The lowest BCUT2D eigenvalue weighted by Gasteiger charge is -2.23. The summed E-state index contributed by atoms with van der Waals surface area (Å²) >= 11 is 0. The van der Waals surface area contributed by atoms with E-state index in [1.165, 1.54) is 38.1 Å². The van der Waals surface area contributed by atoms with E-state index in [2.05, 4.69) is 5.32 Å². The molecule has 0 spiro atoms. The highest BCUT2D eigenvalue weighted by Crippen LogP contribution is 2.39. The Balaban J connectivity index is 1.64. The summed E-state index contributed by atoms with van der Waals surface area (Å²) in [6, 6.07) is 4.41. The fourth-order valence-electron chi connectivity index (χ4n) is 3.97. The Morgan fingerprint density at radius 3 is 2.27 bits per heavy atom. The van der Waals surface area contributed by atoms with Gasteiger partial charge in [-0.1, -0.05) is 25.0 Å². The van der Waals surface area contributed by atoms with E-state index in [0.717, 1.165) is 17.7 Å². The Morgan fingerprint density at radius 2 is 1.70 bits per heavy atom. The molecule has 0 aromatic heterocycles. The summed E-state index contributed by atoms with van der Waals surface area (Å²) in [6.07, 6.45) is 1.71. The molecule has 1 aliphatic carbocycles. The van der Waals surface area contributed by atoms with Crippen LogP contribution in [0.2, 0.25) is 0 Å². The number of fused-ring (bicyclic) bond motifs is 1. The smallest absolute Gasteiger partial charge is 0.329 e. The van der Waals surface area contributed by atoms with Crippen molar-refractivity contribution in [2.24, 2.45) is 11.8 Å². The molecule has 1 aromatic carbocycles. The number of carbonyl (C=O) groups excluding carboxylic acids is 4. The summed E-state index contributed by atoms with van der Waals surface area (Å²) < 4.78 is 5.14. The van der Waals surface area contributed by atoms with Gasteiger partial charge in [-0.25, -0.2) is 4.79 Å². The number of amides is 3. The quantitative estimate of drug-likeness (QED) is 0.324. The van der Waals surface area contributed by atoms with Gasteiger partial charge in [0.15, 0.2) is 6.10 Å². The lowest BCUT2D eigenvalue weighted by Crippen LogP contribution is -2.46. The van der Waals surface area contributed by atoms with Crippen LogP contribution in [0.15, 0.2) is 24.3 Å². The van der Waals surface area contributed by atoms with Crippen molar-refractivity contribution in [1.29, 1.82) is 0 Å². The van der Waals surface area contributed by atoms with Crippen molar-refractivity contribution < 1.29 is 28.8 Å². The van der Waals surface area contributed by atoms with Gasteiger partial charge in [0.25, 0.3) is 11.6 Å². The number of esters is 1. The first-order valence-electron chi connectivity index (χ1n) is 9.84. The molecule has 1 aliphatic heterocycles. The van der Waals surface area contributed by atoms with Gasteiger partial charge in [0, 0.05) is 6.07 Å². The standard InChI is InChI=1S/C20H23N3O7/c1-11(22-18(25)13-7-3-4-8-14(13)19(22)26)20(27)30-12(2)17(24)21-15-9-5-6-10-16(15)23(28)29/h5-6,9-14H,3-4,7-8H2,1-2H3,(H,21,24)/t11-,12-,13-,14+/m0/s1. The predicted molar refractivity (Wildman–Crippen MR) is 104 cm³/mol. The molecule has 3 amide bonds. The molecule has 1 heterocycles. The van der Waals surface area contributed by atoms with Crippen LogP contribution in [0.25, 0.3) is 0 Å². The van der Waals surface area contributed by atoms with Crippen LogP contribution < -0.4 is 5.32 Å². The van der Waals surface area contributed by atoms with E-state index < -0.39 is 28.9 Å². The number of carbonyl (C=O) groups is 4. The monoisotopic (exact) mass is 417 g/mol. The highest BCUT2D eigenvalue weighted by molar-refractivity contribution is 6.08. The maximum Gasteiger partial charge on any atom is 0.329 e. The molecule has 0 unspecified atom stereocenters. The molecule has 2 fully saturated rings. The second-order valence-electron chi connectivity index (χ2n) is 7.56. The van der Waals surface area contributed by atoms with Gasteiger partial charge in [-0.2, -0.15) is 0 Å². The van der Waals surface area contributed by atoms with E-state index in [1.54, 1.807) is 0 Å². The van der Waals surface area contributed by atoms with Crippen LogP contribution in [0.3, 0.4) is 0 Å². The van der Waals surface area contributed by atoms with Gasteiger partial charge >= 0.3 is 5.97 Å². The molecule has 10 nitrogen and oxygen atoms in total. The first-order chi connectivity index (χ1) is 14.2. The van der Waals surface area contributed by atoms with E-state index in [4.69, 9.17) is 4.74 Å². The number of hydrogen-bond donors (Lipinski definition) is 1. The normalized spacial score (nSPS) is 22.8. The average molecular weight is 417 g/mol. The Morgan fingerprint density at radius 1 is 1.13 bits per heavy atom. The number of nitrogens with one attached hydrogen (secondary N) is 1. The Kier molecular flexibility index (Phi) is 6.14. The largest absolute Gasteiger partial charge is 0.451 e. The molecule has 1 N–H and O–H groups in total. The number of nitro groups is 1. The summed E-state index contributed by atoms with van der Waals surface area (Å²) in [7, 11) is 0. The molecule has 30 heavy (non-hydrogen) atoms.